The van der Waals surface area contributed by atoms with Crippen molar-refractivity contribution in [2.24, 2.45) is 5.41 Å². The molecule has 1 aliphatic rings. The third-order valence-electron chi connectivity index (χ3n) is 3.91. The van der Waals surface area contributed by atoms with Crippen LogP contribution in [0.2, 0.25) is 0 Å². The summed E-state index contributed by atoms with van der Waals surface area (Å²) in [5, 5.41) is 9.24. The van der Waals surface area contributed by atoms with Gasteiger partial charge < -0.3 is 19.5 Å². The second-order valence-corrected chi connectivity index (χ2v) is 5.41. The van der Waals surface area contributed by atoms with Crippen LogP contribution in [-0.2, 0) is 4.79 Å². The largest absolute Gasteiger partial charge is 0.497 e. The average molecular weight is 293 g/mol. The van der Waals surface area contributed by atoms with Crippen LogP contribution in [0, 0.1) is 5.41 Å². The number of carboxylic acid groups (broad SMARTS) is 1. The molecular formula is C15H19NO5. The Morgan fingerprint density at radius 1 is 1.29 bits per heavy atom. The average Bonchev–Trinajstić information content (AvgIpc) is 2.89. The van der Waals surface area contributed by atoms with E-state index in [-0.39, 0.29) is 12.5 Å². The summed E-state index contributed by atoms with van der Waals surface area (Å²) in [6.45, 7) is 2.27. The molecule has 0 bridgehead atoms. The number of rotatable bonds is 4. The predicted octanol–water partition coefficient (Wildman–Crippen LogP) is 1.64. The number of hydrogen-bond donors (Lipinski definition) is 1. The van der Waals surface area contributed by atoms with Crippen LogP contribution in [0.5, 0.6) is 11.5 Å². The highest BCUT2D eigenvalue weighted by Gasteiger charge is 2.42. The fourth-order valence-corrected chi connectivity index (χ4v) is 2.46. The van der Waals surface area contributed by atoms with Crippen LogP contribution in [0.3, 0.4) is 0 Å². The molecule has 1 heterocycles. The van der Waals surface area contributed by atoms with E-state index in [1.54, 1.807) is 30.0 Å². The van der Waals surface area contributed by atoms with Gasteiger partial charge in [-0.2, -0.15) is 0 Å². The Bertz CT molecular complexity index is 571. The zero-order valence-corrected chi connectivity index (χ0v) is 12.4. The van der Waals surface area contributed by atoms with Gasteiger partial charge >= 0.3 is 5.97 Å². The van der Waals surface area contributed by atoms with Crippen molar-refractivity contribution in [3.63, 3.8) is 0 Å². The summed E-state index contributed by atoms with van der Waals surface area (Å²) in [6.07, 6.45) is 0.445. The van der Waals surface area contributed by atoms with Gasteiger partial charge in [-0.25, -0.2) is 0 Å². The Balaban J connectivity index is 2.27. The van der Waals surface area contributed by atoms with Gasteiger partial charge in [0.2, 0.25) is 0 Å². The number of likely N-dealkylation sites (tertiary alicyclic amines) is 1. The number of aliphatic carboxylic acids is 1. The van der Waals surface area contributed by atoms with Crippen molar-refractivity contribution >= 4 is 11.9 Å². The number of nitrogens with zero attached hydrogens (tertiary/aromatic N) is 1. The highest BCUT2D eigenvalue weighted by Crippen LogP contribution is 2.33. The van der Waals surface area contributed by atoms with E-state index in [9.17, 15) is 14.7 Å². The van der Waals surface area contributed by atoms with E-state index in [2.05, 4.69) is 0 Å². The summed E-state index contributed by atoms with van der Waals surface area (Å²) < 4.78 is 10.3. The lowest BCUT2D eigenvalue weighted by Gasteiger charge is -2.21. The van der Waals surface area contributed by atoms with E-state index in [0.717, 1.165) is 0 Å². The van der Waals surface area contributed by atoms with Crippen LogP contribution in [0.4, 0.5) is 0 Å². The van der Waals surface area contributed by atoms with Gasteiger partial charge in [0.15, 0.2) is 0 Å². The number of amides is 1. The normalized spacial score (nSPS) is 21.2. The molecule has 1 aromatic carbocycles. The molecule has 0 aromatic heterocycles. The first-order valence-corrected chi connectivity index (χ1v) is 6.66. The SMILES string of the molecule is COc1ccc(OC)c(C(=O)N2CCC(C)(C(=O)O)C2)c1. The molecule has 0 aliphatic carbocycles. The number of benzene rings is 1. The number of hydrogen-bond acceptors (Lipinski definition) is 4. The van der Waals surface area contributed by atoms with Crippen LogP contribution in [0.15, 0.2) is 18.2 Å². The monoisotopic (exact) mass is 293 g/mol. The Morgan fingerprint density at radius 3 is 2.52 bits per heavy atom. The second kappa shape index (κ2) is 5.63. The molecule has 1 N–H and O–H groups in total. The van der Waals surface area contributed by atoms with Gasteiger partial charge in [0.05, 0.1) is 25.2 Å². The van der Waals surface area contributed by atoms with Crippen molar-refractivity contribution in [1.82, 2.24) is 4.90 Å². The number of carboxylic acids is 1. The molecule has 2 rings (SSSR count). The van der Waals surface area contributed by atoms with E-state index in [4.69, 9.17) is 9.47 Å². The number of carbonyl (C=O) groups is 2. The van der Waals surface area contributed by atoms with Crippen LogP contribution in [0.1, 0.15) is 23.7 Å². The van der Waals surface area contributed by atoms with Gasteiger partial charge in [-0.05, 0) is 31.5 Å². The Kier molecular flexibility index (Phi) is 4.06. The summed E-state index contributed by atoms with van der Waals surface area (Å²) in [5.74, 6) is -0.116. The Labute approximate surface area is 123 Å². The van der Waals surface area contributed by atoms with E-state index >= 15 is 0 Å². The molecule has 0 radical (unpaired) electrons. The standard InChI is InChI=1S/C15H19NO5/c1-15(14(18)19)6-7-16(9-15)13(17)11-8-10(20-2)4-5-12(11)21-3/h4-5,8H,6-7,9H2,1-3H3,(H,18,19). The molecule has 1 fully saturated rings. The fraction of sp³-hybridized carbons (Fsp3) is 0.467. The zero-order chi connectivity index (χ0) is 15.6. The predicted molar refractivity (Wildman–Crippen MR) is 75.8 cm³/mol. The molecule has 6 heteroatoms. The van der Waals surface area contributed by atoms with Gasteiger partial charge in [0.1, 0.15) is 11.5 Å². The minimum Gasteiger partial charge on any atom is -0.497 e. The topological polar surface area (TPSA) is 76.1 Å². The summed E-state index contributed by atoms with van der Waals surface area (Å²) in [7, 11) is 3.01. The summed E-state index contributed by atoms with van der Waals surface area (Å²) >= 11 is 0. The minimum absolute atomic E-state index is 0.196. The quantitative estimate of drug-likeness (QED) is 0.913. The lowest BCUT2D eigenvalue weighted by atomic mass is 9.90. The maximum absolute atomic E-state index is 12.6. The third-order valence-corrected chi connectivity index (χ3v) is 3.91. The molecule has 6 nitrogen and oxygen atoms in total. The number of ether oxygens (including phenoxy) is 2. The maximum atomic E-state index is 12.6. The van der Waals surface area contributed by atoms with Crippen molar-refractivity contribution in [3.05, 3.63) is 23.8 Å². The first-order chi connectivity index (χ1) is 9.91. The molecule has 0 spiro atoms. The van der Waals surface area contributed by atoms with Crippen molar-refractivity contribution in [2.75, 3.05) is 27.3 Å². The van der Waals surface area contributed by atoms with Gasteiger partial charge in [-0.15, -0.1) is 0 Å². The van der Waals surface area contributed by atoms with E-state index < -0.39 is 11.4 Å². The lowest BCUT2D eigenvalue weighted by molar-refractivity contribution is -0.147. The first kappa shape index (κ1) is 15.2. The van der Waals surface area contributed by atoms with E-state index in [1.165, 1.54) is 14.2 Å². The van der Waals surface area contributed by atoms with Gasteiger partial charge in [-0.1, -0.05) is 0 Å². The van der Waals surface area contributed by atoms with Crippen molar-refractivity contribution < 1.29 is 24.2 Å². The van der Waals surface area contributed by atoms with E-state index in [1.807, 2.05) is 0 Å². The summed E-state index contributed by atoms with van der Waals surface area (Å²) in [5.41, 5.74) is -0.506. The molecule has 1 atom stereocenters. The van der Waals surface area contributed by atoms with Crippen molar-refractivity contribution in [1.29, 1.82) is 0 Å². The zero-order valence-electron chi connectivity index (χ0n) is 12.4. The Hall–Kier alpha value is -2.24. The molecular weight excluding hydrogens is 274 g/mol. The molecule has 1 amide bonds. The molecule has 1 aliphatic heterocycles. The highest BCUT2D eigenvalue weighted by molar-refractivity contribution is 5.98. The number of methoxy groups -OCH3 is 2. The second-order valence-electron chi connectivity index (χ2n) is 5.41. The van der Waals surface area contributed by atoms with Crippen LogP contribution >= 0.6 is 0 Å². The minimum atomic E-state index is -0.887. The molecule has 0 saturated carbocycles. The smallest absolute Gasteiger partial charge is 0.311 e. The molecule has 21 heavy (non-hydrogen) atoms. The van der Waals surface area contributed by atoms with Crippen LogP contribution in [-0.4, -0.2) is 49.2 Å². The fourth-order valence-electron chi connectivity index (χ4n) is 2.46. The van der Waals surface area contributed by atoms with Crippen molar-refractivity contribution in [3.8, 4) is 11.5 Å². The van der Waals surface area contributed by atoms with E-state index in [0.29, 0.717) is 30.0 Å². The van der Waals surface area contributed by atoms with Crippen molar-refractivity contribution in [2.45, 2.75) is 13.3 Å². The maximum Gasteiger partial charge on any atom is 0.311 e. The lowest BCUT2D eigenvalue weighted by Crippen LogP contribution is -2.35. The summed E-state index contributed by atoms with van der Waals surface area (Å²) in [4.78, 5) is 25.4. The molecule has 1 aromatic rings. The van der Waals surface area contributed by atoms with Gasteiger partial charge in [0.25, 0.3) is 5.91 Å². The molecule has 114 valence electrons. The summed E-state index contributed by atoms with van der Waals surface area (Å²) in [6, 6.07) is 4.98. The van der Waals surface area contributed by atoms with Crippen LogP contribution in [0.25, 0.3) is 0 Å². The Morgan fingerprint density at radius 2 is 2.00 bits per heavy atom. The number of carbonyl (C=O) groups excluding carboxylic acids is 1. The third kappa shape index (κ3) is 2.79. The molecule has 1 saturated heterocycles. The van der Waals surface area contributed by atoms with Crippen LogP contribution < -0.4 is 9.47 Å². The highest BCUT2D eigenvalue weighted by atomic mass is 16.5. The van der Waals surface area contributed by atoms with Gasteiger partial charge in [-0.3, -0.25) is 9.59 Å². The van der Waals surface area contributed by atoms with Gasteiger partial charge in [0, 0.05) is 13.1 Å². The molecule has 1 unspecified atom stereocenters. The first-order valence-electron chi connectivity index (χ1n) is 6.66.